The Labute approximate surface area is 154 Å². The van der Waals surface area contributed by atoms with E-state index in [1.165, 1.54) is 18.4 Å². The number of carbonyl (C=O) groups is 2. The molecule has 0 aliphatic carbocycles. The van der Waals surface area contributed by atoms with Crippen molar-refractivity contribution in [3.05, 3.63) is 65.2 Å². The fourth-order valence-corrected chi connectivity index (χ4v) is 3.12. The van der Waals surface area contributed by atoms with Gasteiger partial charge in [0.1, 0.15) is 16.5 Å². The first kappa shape index (κ1) is 17.6. The molecule has 1 heterocycles. The number of methoxy groups -OCH3 is 2. The molecule has 0 aliphatic heterocycles. The van der Waals surface area contributed by atoms with E-state index in [1.807, 2.05) is 24.3 Å². The number of nitrogens with zero attached hydrogens (tertiary/aromatic N) is 1. The molecule has 1 N–H and O–H groups in total. The average Bonchev–Trinajstić information content (AvgIpc) is 3.18. The number of anilines is 1. The lowest BCUT2D eigenvalue weighted by molar-refractivity contribution is 0.0602. The highest BCUT2D eigenvalue weighted by Crippen LogP contribution is 2.26. The van der Waals surface area contributed by atoms with E-state index in [-0.39, 0.29) is 11.3 Å². The van der Waals surface area contributed by atoms with Crippen molar-refractivity contribution in [1.29, 1.82) is 0 Å². The summed E-state index contributed by atoms with van der Waals surface area (Å²) in [6, 6.07) is 14.1. The van der Waals surface area contributed by atoms with Crippen LogP contribution in [-0.2, 0) is 4.74 Å². The Bertz CT molecular complexity index is 935. The van der Waals surface area contributed by atoms with Crippen LogP contribution >= 0.6 is 11.3 Å². The van der Waals surface area contributed by atoms with Crippen molar-refractivity contribution in [3.63, 3.8) is 0 Å². The van der Waals surface area contributed by atoms with E-state index in [1.54, 1.807) is 36.8 Å². The van der Waals surface area contributed by atoms with Crippen molar-refractivity contribution in [3.8, 4) is 16.3 Å². The Morgan fingerprint density at radius 1 is 1.04 bits per heavy atom. The molecule has 0 fully saturated rings. The molecule has 1 amide bonds. The van der Waals surface area contributed by atoms with Crippen LogP contribution < -0.4 is 10.1 Å². The number of carbonyl (C=O) groups excluding carboxylic acids is 2. The zero-order valence-electron chi connectivity index (χ0n) is 14.2. The monoisotopic (exact) mass is 368 g/mol. The lowest BCUT2D eigenvalue weighted by atomic mass is 10.1. The van der Waals surface area contributed by atoms with Crippen LogP contribution in [0.4, 0.5) is 5.69 Å². The third-order valence-electron chi connectivity index (χ3n) is 3.65. The normalized spacial score (nSPS) is 10.2. The second-order valence-electron chi connectivity index (χ2n) is 5.26. The van der Waals surface area contributed by atoms with E-state index in [4.69, 9.17) is 9.47 Å². The summed E-state index contributed by atoms with van der Waals surface area (Å²) in [5.41, 5.74) is 1.84. The molecule has 1 aromatic heterocycles. The summed E-state index contributed by atoms with van der Waals surface area (Å²) in [6.07, 6.45) is 0. The summed E-state index contributed by atoms with van der Waals surface area (Å²) in [5, 5.41) is 5.11. The molecule has 0 atom stereocenters. The minimum atomic E-state index is -0.516. The first-order valence-corrected chi connectivity index (χ1v) is 8.59. The van der Waals surface area contributed by atoms with Crippen LogP contribution in [0.5, 0.6) is 5.75 Å². The topological polar surface area (TPSA) is 77.5 Å². The highest BCUT2D eigenvalue weighted by molar-refractivity contribution is 7.13. The Kier molecular flexibility index (Phi) is 5.28. The molecule has 132 valence electrons. The van der Waals surface area contributed by atoms with Gasteiger partial charge in [0, 0.05) is 10.9 Å². The van der Waals surface area contributed by atoms with Gasteiger partial charge < -0.3 is 14.8 Å². The van der Waals surface area contributed by atoms with E-state index in [2.05, 4.69) is 10.3 Å². The third kappa shape index (κ3) is 3.73. The van der Waals surface area contributed by atoms with Gasteiger partial charge in [0.15, 0.2) is 0 Å². The lowest BCUT2D eigenvalue weighted by Crippen LogP contribution is -2.15. The van der Waals surface area contributed by atoms with Crippen molar-refractivity contribution >= 4 is 28.9 Å². The highest BCUT2D eigenvalue weighted by atomic mass is 32.1. The lowest BCUT2D eigenvalue weighted by Gasteiger charge is -2.08. The molecule has 0 saturated heterocycles. The minimum absolute atomic E-state index is 0.278. The van der Waals surface area contributed by atoms with Gasteiger partial charge in [0.25, 0.3) is 5.91 Å². The number of amides is 1. The molecule has 0 unspecified atom stereocenters. The molecule has 2 aromatic carbocycles. The molecule has 0 saturated carbocycles. The SMILES string of the molecule is COC(=O)c1ccccc1NC(=O)c1csc(-c2ccc(OC)cc2)n1. The van der Waals surface area contributed by atoms with Crippen LogP contribution in [0.25, 0.3) is 10.6 Å². The molecule has 0 radical (unpaired) electrons. The molecule has 0 spiro atoms. The number of hydrogen-bond donors (Lipinski definition) is 1. The maximum Gasteiger partial charge on any atom is 0.339 e. The van der Waals surface area contributed by atoms with Gasteiger partial charge in [-0.3, -0.25) is 4.79 Å². The number of rotatable bonds is 5. The van der Waals surface area contributed by atoms with Crippen molar-refractivity contribution in [2.24, 2.45) is 0 Å². The predicted octanol–water partition coefficient (Wildman–Crippen LogP) is 3.86. The van der Waals surface area contributed by atoms with Crippen LogP contribution in [0.1, 0.15) is 20.8 Å². The standard InChI is InChI=1S/C19H16N2O4S/c1-24-13-9-7-12(8-10-13)18-21-16(11-26-18)17(22)20-15-6-4-3-5-14(15)19(23)25-2/h3-11H,1-2H3,(H,20,22). The van der Waals surface area contributed by atoms with Gasteiger partial charge in [-0.1, -0.05) is 12.1 Å². The molecule has 6 nitrogen and oxygen atoms in total. The Balaban J connectivity index is 1.79. The number of para-hydroxylation sites is 1. The van der Waals surface area contributed by atoms with Crippen molar-refractivity contribution in [1.82, 2.24) is 4.98 Å². The number of thiazole rings is 1. The number of benzene rings is 2. The quantitative estimate of drug-likeness (QED) is 0.692. The number of ether oxygens (including phenoxy) is 2. The Morgan fingerprint density at radius 3 is 2.46 bits per heavy atom. The predicted molar refractivity (Wildman–Crippen MR) is 99.8 cm³/mol. The fraction of sp³-hybridized carbons (Fsp3) is 0.105. The van der Waals surface area contributed by atoms with Gasteiger partial charge >= 0.3 is 5.97 Å². The number of aromatic nitrogens is 1. The first-order valence-electron chi connectivity index (χ1n) is 7.71. The van der Waals surface area contributed by atoms with E-state index in [0.717, 1.165) is 16.3 Å². The van der Waals surface area contributed by atoms with Gasteiger partial charge in [-0.05, 0) is 36.4 Å². The Hall–Kier alpha value is -3.19. The number of nitrogens with one attached hydrogen (secondary N) is 1. The number of esters is 1. The van der Waals surface area contributed by atoms with Crippen molar-refractivity contribution in [2.75, 3.05) is 19.5 Å². The second-order valence-corrected chi connectivity index (χ2v) is 6.12. The summed E-state index contributed by atoms with van der Waals surface area (Å²) in [4.78, 5) is 28.7. The van der Waals surface area contributed by atoms with Gasteiger partial charge in [-0.15, -0.1) is 11.3 Å². The van der Waals surface area contributed by atoms with Crippen LogP contribution in [0.3, 0.4) is 0 Å². The van der Waals surface area contributed by atoms with Gasteiger partial charge in [0.2, 0.25) is 0 Å². The van der Waals surface area contributed by atoms with Crippen LogP contribution in [0.2, 0.25) is 0 Å². The third-order valence-corrected chi connectivity index (χ3v) is 4.55. The summed E-state index contributed by atoms with van der Waals surface area (Å²) >= 11 is 1.37. The maximum atomic E-state index is 12.5. The summed E-state index contributed by atoms with van der Waals surface area (Å²) in [6.45, 7) is 0. The van der Waals surface area contributed by atoms with E-state index >= 15 is 0 Å². The summed E-state index contributed by atoms with van der Waals surface area (Å²) in [7, 11) is 2.90. The van der Waals surface area contributed by atoms with Gasteiger partial charge in [0.05, 0.1) is 25.5 Å². The van der Waals surface area contributed by atoms with E-state index in [0.29, 0.717) is 5.69 Å². The molecular weight excluding hydrogens is 352 g/mol. The average molecular weight is 368 g/mol. The van der Waals surface area contributed by atoms with Gasteiger partial charge in [-0.2, -0.15) is 0 Å². The van der Waals surface area contributed by atoms with Crippen LogP contribution in [0, 0.1) is 0 Å². The molecule has 7 heteroatoms. The van der Waals surface area contributed by atoms with E-state index < -0.39 is 11.9 Å². The van der Waals surface area contributed by atoms with E-state index in [9.17, 15) is 9.59 Å². The fourth-order valence-electron chi connectivity index (χ4n) is 2.31. The largest absolute Gasteiger partial charge is 0.497 e. The van der Waals surface area contributed by atoms with Crippen molar-refractivity contribution < 1.29 is 19.1 Å². The summed E-state index contributed by atoms with van der Waals surface area (Å²) < 4.78 is 9.87. The van der Waals surface area contributed by atoms with Gasteiger partial charge in [-0.25, -0.2) is 9.78 Å². The highest BCUT2D eigenvalue weighted by Gasteiger charge is 2.16. The zero-order valence-corrected chi connectivity index (χ0v) is 15.0. The molecule has 0 bridgehead atoms. The van der Waals surface area contributed by atoms with Crippen LogP contribution in [0.15, 0.2) is 53.9 Å². The molecule has 26 heavy (non-hydrogen) atoms. The van der Waals surface area contributed by atoms with Crippen molar-refractivity contribution in [2.45, 2.75) is 0 Å². The van der Waals surface area contributed by atoms with Crippen LogP contribution in [-0.4, -0.2) is 31.1 Å². The molecule has 3 aromatic rings. The first-order chi connectivity index (χ1) is 12.6. The summed E-state index contributed by atoms with van der Waals surface area (Å²) in [5.74, 6) is -0.154. The minimum Gasteiger partial charge on any atom is -0.497 e. The Morgan fingerprint density at radius 2 is 1.77 bits per heavy atom. The zero-order chi connectivity index (χ0) is 18.5. The molecule has 3 rings (SSSR count). The smallest absolute Gasteiger partial charge is 0.339 e. The number of hydrogen-bond acceptors (Lipinski definition) is 6. The maximum absolute atomic E-state index is 12.5. The second kappa shape index (κ2) is 7.79. The molecular formula is C19H16N2O4S. The molecule has 0 aliphatic rings.